The van der Waals surface area contributed by atoms with Crippen molar-refractivity contribution in [1.82, 2.24) is 0 Å². The van der Waals surface area contributed by atoms with Gasteiger partial charge < -0.3 is 9.84 Å². The van der Waals surface area contributed by atoms with Crippen LogP contribution < -0.4 is 4.74 Å². The van der Waals surface area contributed by atoms with Gasteiger partial charge in [-0.2, -0.15) is 0 Å². The maximum atomic E-state index is 12.7. The summed E-state index contributed by atoms with van der Waals surface area (Å²) in [4.78, 5) is 0. The second-order valence-corrected chi connectivity index (χ2v) is 2.68. The van der Waals surface area contributed by atoms with Crippen molar-refractivity contribution < 1.29 is 18.6 Å². The molecule has 1 N–H and O–H groups in total. The summed E-state index contributed by atoms with van der Waals surface area (Å²) < 4.78 is 30.2. The Morgan fingerprint density at radius 2 is 1.85 bits per heavy atom. The van der Waals surface area contributed by atoms with Gasteiger partial charge in [0.15, 0.2) is 11.6 Å². The molecule has 2 nitrogen and oxygen atoms in total. The van der Waals surface area contributed by atoms with Crippen LogP contribution in [0.2, 0.25) is 0 Å². The fraction of sp³-hybridized carbons (Fsp3) is 0.333. The van der Waals surface area contributed by atoms with Crippen LogP contribution in [0.3, 0.4) is 0 Å². The molecule has 0 amide bonds. The highest BCUT2D eigenvalue weighted by Crippen LogP contribution is 2.27. The SMILES string of the molecule is COc1cc(F)c(F)cc1C(C)O. The third-order valence-corrected chi connectivity index (χ3v) is 1.72. The van der Waals surface area contributed by atoms with E-state index in [-0.39, 0.29) is 11.3 Å². The molecule has 0 saturated heterocycles. The zero-order valence-corrected chi connectivity index (χ0v) is 7.34. The highest BCUT2D eigenvalue weighted by atomic mass is 19.2. The van der Waals surface area contributed by atoms with Gasteiger partial charge in [0.05, 0.1) is 13.2 Å². The third-order valence-electron chi connectivity index (χ3n) is 1.72. The molecule has 0 aliphatic carbocycles. The first kappa shape index (κ1) is 9.92. The first-order chi connectivity index (χ1) is 6.06. The minimum Gasteiger partial charge on any atom is -0.496 e. The first-order valence-electron chi connectivity index (χ1n) is 3.77. The second kappa shape index (κ2) is 3.70. The van der Waals surface area contributed by atoms with Crippen molar-refractivity contribution in [3.05, 3.63) is 29.3 Å². The normalized spacial score (nSPS) is 12.7. The van der Waals surface area contributed by atoms with Crippen molar-refractivity contribution in [2.75, 3.05) is 7.11 Å². The van der Waals surface area contributed by atoms with Gasteiger partial charge in [0, 0.05) is 11.6 Å². The van der Waals surface area contributed by atoms with Crippen molar-refractivity contribution >= 4 is 0 Å². The predicted molar refractivity (Wildman–Crippen MR) is 43.5 cm³/mol. The van der Waals surface area contributed by atoms with Crippen LogP contribution in [0.15, 0.2) is 12.1 Å². The lowest BCUT2D eigenvalue weighted by atomic mass is 10.1. The standard InChI is InChI=1S/C9H10F2O2/c1-5(12)6-3-7(10)8(11)4-9(6)13-2/h3-5,12H,1-2H3. The van der Waals surface area contributed by atoms with Crippen LogP contribution in [0.1, 0.15) is 18.6 Å². The number of halogens is 2. The topological polar surface area (TPSA) is 29.5 Å². The zero-order chi connectivity index (χ0) is 10.0. The molecule has 1 rings (SSSR count). The van der Waals surface area contributed by atoms with Gasteiger partial charge in [-0.25, -0.2) is 8.78 Å². The molecule has 0 fully saturated rings. The smallest absolute Gasteiger partial charge is 0.162 e. The van der Waals surface area contributed by atoms with Crippen LogP contribution in [0.5, 0.6) is 5.75 Å². The van der Waals surface area contributed by atoms with Crippen molar-refractivity contribution in [3.63, 3.8) is 0 Å². The second-order valence-electron chi connectivity index (χ2n) is 2.68. The summed E-state index contributed by atoms with van der Waals surface area (Å²) in [6.07, 6.45) is -0.884. The summed E-state index contributed by atoms with van der Waals surface area (Å²) in [6.45, 7) is 1.45. The van der Waals surface area contributed by atoms with E-state index in [2.05, 4.69) is 0 Å². The summed E-state index contributed by atoms with van der Waals surface area (Å²) in [5, 5.41) is 9.18. The number of ether oxygens (including phenoxy) is 1. The number of rotatable bonds is 2. The van der Waals surface area contributed by atoms with Crippen LogP contribution in [0.4, 0.5) is 8.78 Å². The molecule has 13 heavy (non-hydrogen) atoms. The van der Waals surface area contributed by atoms with Gasteiger partial charge in [-0.3, -0.25) is 0 Å². The third kappa shape index (κ3) is 1.95. The Bertz CT molecular complexity index is 311. The highest BCUT2D eigenvalue weighted by molar-refractivity contribution is 5.36. The fourth-order valence-corrected chi connectivity index (χ4v) is 1.05. The molecule has 0 aromatic heterocycles. The first-order valence-corrected chi connectivity index (χ1v) is 3.77. The highest BCUT2D eigenvalue weighted by Gasteiger charge is 2.13. The van der Waals surface area contributed by atoms with E-state index in [1.54, 1.807) is 0 Å². The summed E-state index contributed by atoms with van der Waals surface area (Å²) in [5.74, 6) is -1.83. The lowest BCUT2D eigenvalue weighted by Crippen LogP contribution is -1.99. The molecule has 1 aromatic rings. The summed E-state index contributed by atoms with van der Waals surface area (Å²) in [6, 6.07) is 1.84. The molecule has 0 bridgehead atoms. The molecular formula is C9H10F2O2. The molecule has 1 atom stereocenters. The van der Waals surface area contributed by atoms with Crippen LogP contribution in [-0.4, -0.2) is 12.2 Å². The van der Waals surface area contributed by atoms with Gasteiger partial charge in [0.1, 0.15) is 5.75 Å². The van der Waals surface area contributed by atoms with Crippen molar-refractivity contribution in [1.29, 1.82) is 0 Å². The molecule has 0 spiro atoms. The van der Waals surface area contributed by atoms with Crippen molar-refractivity contribution in [2.45, 2.75) is 13.0 Å². The van der Waals surface area contributed by atoms with Gasteiger partial charge in [0.2, 0.25) is 0 Å². The predicted octanol–water partition coefficient (Wildman–Crippen LogP) is 2.03. The van der Waals surface area contributed by atoms with E-state index >= 15 is 0 Å². The Morgan fingerprint density at radius 3 is 2.31 bits per heavy atom. The van der Waals surface area contributed by atoms with Gasteiger partial charge in [-0.05, 0) is 13.0 Å². The Hall–Kier alpha value is -1.16. The molecule has 0 aliphatic rings. The van der Waals surface area contributed by atoms with Crippen molar-refractivity contribution in [3.8, 4) is 5.75 Å². The Labute approximate surface area is 74.8 Å². The van der Waals surface area contributed by atoms with E-state index in [0.717, 1.165) is 12.1 Å². The van der Waals surface area contributed by atoms with E-state index in [1.165, 1.54) is 14.0 Å². The number of aliphatic hydroxyl groups excluding tert-OH is 1. The number of hydrogen-bond acceptors (Lipinski definition) is 2. The largest absolute Gasteiger partial charge is 0.496 e. The molecule has 0 saturated carbocycles. The molecule has 1 unspecified atom stereocenters. The molecular weight excluding hydrogens is 178 g/mol. The Kier molecular flexibility index (Phi) is 2.83. The molecule has 0 heterocycles. The summed E-state index contributed by atoms with van der Waals surface area (Å²) >= 11 is 0. The molecule has 0 radical (unpaired) electrons. The summed E-state index contributed by atoms with van der Waals surface area (Å²) in [7, 11) is 1.33. The van der Waals surface area contributed by atoms with Crippen LogP contribution >= 0.6 is 0 Å². The monoisotopic (exact) mass is 188 g/mol. The number of benzene rings is 1. The molecule has 1 aromatic carbocycles. The van der Waals surface area contributed by atoms with Crippen molar-refractivity contribution in [2.24, 2.45) is 0 Å². The molecule has 0 aliphatic heterocycles. The maximum Gasteiger partial charge on any atom is 0.162 e. The quantitative estimate of drug-likeness (QED) is 0.769. The van der Waals surface area contributed by atoms with Gasteiger partial charge in [0.25, 0.3) is 0 Å². The van der Waals surface area contributed by atoms with E-state index < -0.39 is 17.7 Å². The maximum absolute atomic E-state index is 12.7. The molecule has 72 valence electrons. The number of hydrogen-bond donors (Lipinski definition) is 1. The van der Waals surface area contributed by atoms with E-state index in [1.807, 2.05) is 0 Å². The van der Waals surface area contributed by atoms with Crippen LogP contribution in [0, 0.1) is 11.6 Å². The van der Waals surface area contributed by atoms with E-state index in [0.29, 0.717) is 0 Å². The van der Waals surface area contributed by atoms with Gasteiger partial charge in [-0.1, -0.05) is 0 Å². The Balaban J connectivity index is 3.25. The zero-order valence-electron chi connectivity index (χ0n) is 7.34. The average molecular weight is 188 g/mol. The van der Waals surface area contributed by atoms with E-state index in [4.69, 9.17) is 4.74 Å². The van der Waals surface area contributed by atoms with E-state index in [9.17, 15) is 13.9 Å². The summed E-state index contributed by atoms with van der Waals surface area (Å²) in [5.41, 5.74) is 0.237. The number of aliphatic hydroxyl groups is 1. The Morgan fingerprint density at radius 1 is 1.31 bits per heavy atom. The lowest BCUT2D eigenvalue weighted by Gasteiger charge is -2.10. The van der Waals surface area contributed by atoms with Gasteiger partial charge in [-0.15, -0.1) is 0 Å². The van der Waals surface area contributed by atoms with Gasteiger partial charge >= 0.3 is 0 Å². The molecule has 4 heteroatoms. The van der Waals surface area contributed by atoms with Crippen LogP contribution in [-0.2, 0) is 0 Å². The number of methoxy groups -OCH3 is 1. The fourth-order valence-electron chi connectivity index (χ4n) is 1.05. The minimum atomic E-state index is -0.989. The average Bonchev–Trinajstić information content (AvgIpc) is 2.08. The lowest BCUT2D eigenvalue weighted by molar-refractivity contribution is 0.193. The minimum absolute atomic E-state index is 0.147. The van der Waals surface area contributed by atoms with Crippen LogP contribution in [0.25, 0.3) is 0 Å².